The van der Waals surface area contributed by atoms with Crippen LogP contribution in [0, 0.1) is 13.8 Å². The second-order valence-electron chi connectivity index (χ2n) is 4.68. The Balaban J connectivity index is 2.41. The van der Waals surface area contributed by atoms with Gasteiger partial charge in [-0.15, -0.1) is 0 Å². The first kappa shape index (κ1) is 11.8. The summed E-state index contributed by atoms with van der Waals surface area (Å²) in [6, 6.07) is 10.9. The van der Waals surface area contributed by atoms with Gasteiger partial charge in [0.1, 0.15) is 0 Å². The summed E-state index contributed by atoms with van der Waals surface area (Å²) in [4.78, 5) is 4.47. The highest BCUT2D eigenvalue weighted by atomic mass is 14.7. The molecule has 0 N–H and O–H groups in total. The van der Waals surface area contributed by atoms with Crippen LogP contribution in [0.3, 0.4) is 0 Å². The molecule has 0 unspecified atom stereocenters. The fraction of sp³-hybridized carbons (Fsp3) is 0.312. The fourth-order valence-electron chi connectivity index (χ4n) is 2.20. The summed E-state index contributed by atoms with van der Waals surface area (Å²) in [5.41, 5.74) is 6.27. The van der Waals surface area contributed by atoms with Gasteiger partial charge in [-0.2, -0.15) is 0 Å². The molecule has 17 heavy (non-hydrogen) atoms. The predicted molar refractivity (Wildman–Crippen MR) is 73.1 cm³/mol. The van der Waals surface area contributed by atoms with E-state index in [4.69, 9.17) is 0 Å². The Morgan fingerprint density at radius 3 is 2.35 bits per heavy atom. The van der Waals surface area contributed by atoms with Crippen molar-refractivity contribution in [3.63, 3.8) is 0 Å². The Kier molecular flexibility index (Phi) is 3.58. The zero-order valence-electron chi connectivity index (χ0n) is 10.8. The average molecular weight is 225 g/mol. The Bertz CT molecular complexity index is 494. The van der Waals surface area contributed by atoms with Gasteiger partial charge in [-0.3, -0.25) is 4.98 Å². The summed E-state index contributed by atoms with van der Waals surface area (Å²) >= 11 is 0. The molecule has 0 bridgehead atoms. The predicted octanol–water partition coefficient (Wildman–Crippen LogP) is 4.32. The van der Waals surface area contributed by atoms with Gasteiger partial charge in [0.2, 0.25) is 0 Å². The highest BCUT2D eigenvalue weighted by Crippen LogP contribution is 2.21. The van der Waals surface area contributed by atoms with E-state index in [9.17, 15) is 0 Å². The molecule has 1 aromatic carbocycles. The van der Waals surface area contributed by atoms with Crippen molar-refractivity contribution in [3.05, 3.63) is 53.2 Å². The number of pyridine rings is 1. The smallest absolute Gasteiger partial charge is 0.0704 e. The van der Waals surface area contributed by atoms with Gasteiger partial charge in [0, 0.05) is 11.8 Å². The summed E-state index contributed by atoms with van der Waals surface area (Å²) in [6.45, 7) is 6.47. The molecule has 0 saturated carbocycles. The topological polar surface area (TPSA) is 12.9 Å². The first-order chi connectivity index (χ1) is 8.19. The number of hydrogen-bond acceptors (Lipinski definition) is 1. The number of benzene rings is 1. The molecule has 0 aliphatic rings. The number of aryl methyl sites for hydroxylation is 3. The molecule has 2 rings (SSSR count). The van der Waals surface area contributed by atoms with Gasteiger partial charge >= 0.3 is 0 Å². The molecule has 0 aliphatic heterocycles. The monoisotopic (exact) mass is 225 g/mol. The van der Waals surface area contributed by atoms with Crippen LogP contribution >= 0.6 is 0 Å². The summed E-state index contributed by atoms with van der Waals surface area (Å²) in [5.74, 6) is 0. The molecular weight excluding hydrogens is 206 g/mol. The minimum Gasteiger partial charge on any atom is -0.256 e. The van der Waals surface area contributed by atoms with Gasteiger partial charge in [-0.05, 0) is 50.1 Å². The van der Waals surface area contributed by atoms with E-state index in [-0.39, 0.29) is 0 Å². The highest BCUT2D eigenvalue weighted by Gasteiger charge is 2.02. The van der Waals surface area contributed by atoms with Crippen molar-refractivity contribution in [2.75, 3.05) is 0 Å². The highest BCUT2D eigenvalue weighted by molar-refractivity contribution is 5.61. The van der Waals surface area contributed by atoms with Crippen LogP contribution in [-0.4, -0.2) is 4.98 Å². The minimum atomic E-state index is 1.09. The normalized spacial score (nSPS) is 10.5. The number of nitrogens with zero attached hydrogens (tertiary/aromatic N) is 1. The van der Waals surface area contributed by atoms with Gasteiger partial charge in [0.05, 0.1) is 5.69 Å². The fourth-order valence-corrected chi connectivity index (χ4v) is 2.20. The molecule has 0 amide bonds. The molecule has 1 heteroatoms. The molecule has 0 atom stereocenters. The van der Waals surface area contributed by atoms with E-state index in [1.54, 1.807) is 0 Å². The van der Waals surface area contributed by atoms with Crippen LogP contribution in [0.25, 0.3) is 11.3 Å². The number of hydrogen-bond donors (Lipinski definition) is 0. The molecule has 0 fully saturated rings. The van der Waals surface area contributed by atoms with Gasteiger partial charge < -0.3 is 0 Å². The van der Waals surface area contributed by atoms with Crippen LogP contribution in [-0.2, 0) is 6.42 Å². The van der Waals surface area contributed by atoms with Crippen molar-refractivity contribution in [1.82, 2.24) is 4.98 Å². The molecular formula is C16H19N. The lowest BCUT2D eigenvalue weighted by Gasteiger charge is -2.06. The molecule has 0 aliphatic carbocycles. The molecule has 1 nitrogen and oxygen atoms in total. The molecule has 88 valence electrons. The summed E-state index contributed by atoms with van der Waals surface area (Å²) < 4.78 is 0. The van der Waals surface area contributed by atoms with E-state index < -0.39 is 0 Å². The molecule has 2 aromatic rings. The summed E-state index contributed by atoms with van der Waals surface area (Å²) in [7, 11) is 0. The van der Waals surface area contributed by atoms with Crippen molar-refractivity contribution in [1.29, 1.82) is 0 Å². The standard InChI is InChI=1S/C16H19N/c1-4-5-14-6-7-17-16(11-14)15-9-12(2)8-13(3)10-15/h6-11H,4-5H2,1-3H3. The molecule has 0 saturated heterocycles. The second-order valence-corrected chi connectivity index (χ2v) is 4.68. The maximum atomic E-state index is 4.47. The van der Waals surface area contributed by atoms with Crippen molar-refractivity contribution in [2.24, 2.45) is 0 Å². The molecule has 1 aromatic heterocycles. The molecule has 0 radical (unpaired) electrons. The van der Waals surface area contributed by atoms with Crippen LogP contribution in [0.4, 0.5) is 0 Å². The average Bonchev–Trinajstić information content (AvgIpc) is 2.28. The van der Waals surface area contributed by atoms with Crippen LogP contribution in [0.15, 0.2) is 36.5 Å². The van der Waals surface area contributed by atoms with Crippen LogP contribution in [0.1, 0.15) is 30.0 Å². The van der Waals surface area contributed by atoms with Gasteiger partial charge in [0.15, 0.2) is 0 Å². The third kappa shape index (κ3) is 2.94. The van der Waals surface area contributed by atoms with E-state index in [2.05, 4.69) is 56.1 Å². The lowest BCUT2D eigenvalue weighted by molar-refractivity contribution is 0.919. The lowest BCUT2D eigenvalue weighted by Crippen LogP contribution is -1.89. The summed E-state index contributed by atoms with van der Waals surface area (Å²) in [5, 5.41) is 0. The van der Waals surface area contributed by atoms with Crippen LogP contribution in [0.5, 0.6) is 0 Å². The zero-order chi connectivity index (χ0) is 12.3. The van der Waals surface area contributed by atoms with Gasteiger partial charge in [0.25, 0.3) is 0 Å². The third-order valence-electron chi connectivity index (χ3n) is 2.88. The third-order valence-corrected chi connectivity index (χ3v) is 2.88. The second kappa shape index (κ2) is 5.13. The zero-order valence-corrected chi connectivity index (χ0v) is 10.8. The Morgan fingerprint density at radius 2 is 1.71 bits per heavy atom. The minimum absolute atomic E-state index is 1.09. The quantitative estimate of drug-likeness (QED) is 0.758. The molecule has 1 heterocycles. The van der Waals surface area contributed by atoms with Crippen LogP contribution in [0.2, 0.25) is 0 Å². The summed E-state index contributed by atoms with van der Waals surface area (Å²) in [6.07, 6.45) is 4.22. The Hall–Kier alpha value is -1.63. The van der Waals surface area contributed by atoms with Crippen molar-refractivity contribution in [2.45, 2.75) is 33.6 Å². The maximum Gasteiger partial charge on any atom is 0.0704 e. The maximum absolute atomic E-state index is 4.47. The van der Waals surface area contributed by atoms with Crippen molar-refractivity contribution >= 4 is 0 Å². The van der Waals surface area contributed by atoms with Gasteiger partial charge in [-0.25, -0.2) is 0 Å². The Labute approximate surface area is 104 Å². The van der Waals surface area contributed by atoms with E-state index in [0.717, 1.165) is 12.1 Å². The number of aromatic nitrogens is 1. The first-order valence-electron chi connectivity index (χ1n) is 6.22. The van der Waals surface area contributed by atoms with Crippen molar-refractivity contribution in [3.8, 4) is 11.3 Å². The van der Waals surface area contributed by atoms with Crippen LogP contribution < -0.4 is 0 Å². The van der Waals surface area contributed by atoms with E-state index in [1.807, 2.05) is 6.20 Å². The molecule has 0 spiro atoms. The van der Waals surface area contributed by atoms with E-state index >= 15 is 0 Å². The largest absolute Gasteiger partial charge is 0.256 e. The number of rotatable bonds is 3. The first-order valence-corrected chi connectivity index (χ1v) is 6.22. The van der Waals surface area contributed by atoms with E-state index in [1.165, 1.54) is 28.7 Å². The van der Waals surface area contributed by atoms with Crippen molar-refractivity contribution < 1.29 is 0 Å². The van der Waals surface area contributed by atoms with Gasteiger partial charge in [-0.1, -0.05) is 30.5 Å². The SMILES string of the molecule is CCCc1ccnc(-c2cc(C)cc(C)c2)c1. The lowest BCUT2D eigenvalue weighted by atomic mass is 10.0. The van der Waals surface area contributed by atoms with E-state index in [0.29, 0.717) is 0 Å². The Morgan fingerprint density at radius 1 is 1.00 bits per heavy atom.